The monoisotopic (exact) mass is 224 g/mol. The van der Waals surface area contributed by atoms with E-state index in [-0.39, 0.29) is 17.2 Å². The SMILES string of the molecule is COCCNC(=O)c1ccc(C(=O)O)cn1. The molecule has 0 saturated heterocycles. The number of nitrogens with one attached hydrogen (secondary N) is 1. The number of aromatic nitrogens is 1. The van der Waals surface area contributed by atoms with E-state index in [0.29, 0.717) is 13.2 Å². The Morgan fingerprint density at radius 1 is 1.50 bits per heavy atom. The van der Waals surface area contributed by atoms with Crippen molar-refractivity contribution in [2.24, 2.45) is 0 Å². The van der Waals surface area contributed by atoms with Crippen molar-refractivity contribution in [1.29, 1.82) is 0 Å². The van der Waals surface area contributed by atoms with Crippen molar-refractivity contribution in [3.63, 3.8) is 0 Å². The molecular formula is C10H12N2O4. The molecule has 0 saturated carbocycles. The third kappa shape index (κ3) is 3.32. The van der Waals surface area contributed by atoms with Crippen molar-refractivity contribution in [3.8, 4) is 0 Å². The number of methoxy groups -OCH3 is 1. The van der Waals surface area contributed by atoms with E-state index in [4.69, 9.17) is 9.84 Å². The van der Waals surface area contributed by atoms with Gasteiger partial charge in [-0.05, 0) is 12.1 Å². The van der Waals surface area contributed by atoms with Gasteiger partial charge >= 0.3 is 5.97 Å². The Balaban J connectivity index is 2.59. The van der Waals surface area contributed by atoms with Crippen LogP contribution in [0.4, 0.5) is 0 Å². The van der Waals surface area contributed by atoms with Crippen LogP contribution in [0.15, 0.2) is 18.3 Å². The largest absolute Gasteiger partial charge is 0.478 e. The van der Waals surface area contributed by atoms with Crippen molar-refractivity contribution < 1.29 is 19.4 Å². The van der Waals surface area contributed by atoms with E-state index in [1.165, 1.54) is 19.2 Å². The molecule has 2 N–H and O–H groups in total. The number of carbonyl (C=O) groups is 2. The zero-order valence-corrected chi connectivity index (χ0v) is 8.77. The van der Waals surface area contributed by atoms with Crippen LogP contribution in [0, 0.1) is 0 Å². The second kappa shape index (κ2) is 5.82. The van der Waals surface area contributed by atoms with Crippen molar-refractivity contribution in [2.75, 3.05) is 20.3 Å². The molecule has 86 valence electrons. The predicted octanol–water partition coefficient (Wildman–Crippen LogP) is 0.156. The van der Waals surface area contributed by atoms with Gasteiger partial charge in [0.05, 0.1) is 12.2 Å². The van der Waals surface area contributed by atoms with Gasteiger partial charge < -0.3 is 15.2 Å². The van der Waals surface area contributed by atoms with Crippen LogP contribution in [0.1, 0.15) is 20.8 Å². The minimum absolute atomic E-state index is 0.0495. The van der Waals surface area contributed by atoms with Gasteiger partial charge in [-0.15, -0.1) is 0 Å². The molecule has 0 radical (unpaired) electrons. The molecule has 0 fully saturated rings. The van der Waals surface area contributed by atoms with Crippen LogP contribution in [0.25, 0.3) is 0 Å². The second-order valence-electron chi connectivity index (χ2n) is 2.99. The van der Waals surface area contributed by atoms with Gasteiger partial charge in [-0.1, -0.05) is 0 Å². The Morgan fingerprint density at radius 2 is 2.25 bits per heavy atom. The number of pyridine rings is 1. The number of amides is 1. The van der Waals surface area contributed by atoms with Crippen LogP contribution in [-0.4, -0.2) is 42.2 Å². The van der Waals surface area contributed by atoms with Crippen molar-refractivity contribution in [3.05, 3.63) is 29.6 Å². The molecule has 1 amide bonds. The van der Waals surface area contributed by atoms with E-state index in [0.717, 1.165) is 6.20 Å². The lowest BCUT2D eigenvalue weighted by Crippen LogP contribution is -2.27. The Hall–Kier alpha value is -1.95. The van der Waals surface area contributed by atoms with Crippen LogP contribution in [0.3, 0.4) is 0 Å². The third-order valence-corrected chi connectivity index (χ3v) is 1.83. The summed E-state index contributed by atoms with van der Waals surface area (Å²) >= 11 is 0. The number of hydrogen-bond acceptors (Lipinski definition) is 4. The van der Waals surface area contributed by atoms with Gasteiger partial charge in [-0.3, -0.25) is 9.78 Å². The molecule has 16 heavy (non-hydrogen) atoms. The molecule has 0 aromatic carbocycles. The fraction of sp³-hybridized carbons (Fsp3) is 0.300. The van der Waals surface area contributed by atoms with E-state index in [9.17, 15) is 9.59 Å². The summed E-state index contributed by atoms with van der Waals surface area (Å²) in [5, 5.41) is 11.2. The molecule has 0 aliphatic rings. The standard InChI is InChI=1S/C10H12N2O4/c1-16-5-4-11-9(13)8-3-2-7(6-12-8)10(14)15/h2-3,6H,4-5H2,1H3,(H,11,13)(H,14,15). The Kier molecular flexibility index (Phi) is 4.41. The van der Waals surface area contributed by atoms with Crippen LogP contribution < -0.4 is 5.32 Å². The maximum atomic E-state index is 11.4. The lowest BCUT2D eigenvalue weighted by atomic mass is 10.2. The number of hydrogen-bond donors (Lipinski definition) is 2. The first-order valence-corrected chi connectivity index (χ1v) is 4.61. The van der Waals surface area contributed by atoms with Crippen molar-refractivity contribution in [1.82, 2.24) is 10.3 Å². The first-order chi connectivity index (χ1) is 7.65. The molecule has 1 aromatic heterocycles. The highest BCUT2D eigenvalue weighted by molar-refractivity contribution is 5.93. The number of carbonyl (C=O) groups excluding carboxylic acids is 1. The van der Waals surface area contributed by atoms with Crippen molar-refractivity contribution in [2.45, 2.75) is 0 Å². The number of ether oxygens (including phenoxy) is 1. The van der Waals surface area contributed by atoms with Crippen LogP contribution in [0.5, 0.6) is 0 Å². The average Bonchev–Trinajstić information content (AvgIpc) is 2.29. The number of nitrogens with zero attached hydrogens (tertiary/aromatic N) is 1. The molecule has 0 unspecified atom stereocenters. The van der Waals surface area contributed by atoms with Gasteiger partial charge in [0.1, 0.15) is 5.69 Å². The summed E-state index contributed by atoms with van der Waals surface area (Å²) < 4.78 is 4.77. The van der Waals surface area contributed by atoms with E-state index < -0.39 is 5.97 Å². The van der Waals surface area contributed by atoms with Gasteiger partial charge in [0, 0.05) is 19.9 Å². The molecule has 0 bridgehead atoms. The minimum atomic E-state index is -1.07. The summed E-state index contributed by atoms with van der Waals surface area (Å²) in [5.74, 6) is -1.42. The second-order valence-corrected chi connectivity index (χ2v) is 2.99. The Bertz CT molecular complexity index is 375. The lowest BCUT2D eigenvalue weighted by Gasteiger charge is -2.03. The van der Waals surface area contributed by atoms with Gasteiger partial charge in [-0.2, -0.15) is 0 Å². The fourth-order valence-electron chi connectivity index (χ4n) is 1.01. The fourth-order valence-corrected chi connectivity index (χ4v) is 1.01. The van der Waals surface area contributed by atoms with Crippen LogP contribution >= 0.6 is 0 Å². The summed E-state index contributed by atoms with van der Waals surface area (Å²) in [6, 6.07) is 2.70. The molecule has 1 heterocycles. The van der Waals surface area contributed by atoms with Crippen LogP contribution in [0.2, 0.25) is 0 Å². The van der Waals surface area contributed by atoms with E-state index in [1.807, 2.05) is 0 Å². The third-order valence-electron chi connectivity index (χ3n) is 1.83. The molecule has 0 spiro atoms. The molecular weight excluding hydrogens is 212 g/mol. The maximum absolute atomic E-state index is 11.4. The summed E-state index contributed by atoms with van der Waals surface area (Å²) in [6.07, 6.45) is 1.15. The topological polar surface area (TPSA) is 88.5 Å². The summed E-state index contributed by atoms with van der Waals surface area (Å²) in [4.78, 5) is 25.7. The lowest BCUT2D eigenvalue weighted by molar-refractivity contribution is 0.0695. The molecule has 1 rings (SSSR count). The zero-order chi connectivity index (χ0) is 12.0. The summed E-state index contributed by atoms with van der Waals surface area (Å²) in [6.45, 7) is 0.802. The highest BCUT2D eigenvalue weighted by Gasteiger charge is 2.08. The van der Waals surface area contributed by atoms with Gasteiger partial charge in [0.2, 0.25) is 0 Å². The van der Waals surface area contributed by atoms with Gasteiger partial charge in [0.15, 0.2) is 0 Å². The maximum Gasteiger partial charge on any atom is 0.337 e. The minimum Gasteiger partial charge on any atom is -0.478 e. The Morgan fingerprint density at radius 3 is 2.75 bits per heavy atom. The van der Waals surface area contributed by atoms with E-state index in [1.54, 1.807) is 0 Å². The average molecular weight is 224 g/mol. The van der Waals surface area contributed by atoms with E-state index in [2.05, 4.69) is 10.3 Å². The molecule has 0 atom stereocenters. The number of carboxylic acids is 1. The summed E-state index contributed by atoms with van der Waals surface area (Å²) in [7, 11) is 1.53. The van der Waals surface area contributed by atoms with Crippen LogP contribution in [-0.2, 0) is 4.74 Å². The highest BCUT2D eigenvalue weighted by Crippen LogP contribution is 2.00. The highest BCUT2D eigenvalue weighted by atomic mass is 16.5. The molecule has 1 aromatic rings. The predicted molar refractivity (Wildman–Crippen MR) is 55.4 cm³/mol. The Labute approximate surface area is 92.3 Å². The zero-order valence-electron chi connectivity index (χ0n) is 8.77. The molecule has 0 aliphatic carbocycles. The van der Waals surface area contributed by atoms with Gasteiger partial charge in [-0.25, -0.2) is 4.79 Å². The smallest absolute Gasteiger partial charge is 0.337 e. The summed E-state index contributed by atoms with van der Waals surface area (Å²) in [5.41, 5.74) is 0.231. The first kappa shape index (κ1) is 12.1. The number of rotatable bonds is 5. The van der Waals surface area contributed by atoms with Gasteiger partial charge in [0.25, 0.3) is 5.91 Å². The number of carboxylic acid groups (broad SMARTS) is 1. The quantitative estimate of drug-likeness (QED) is 0.695. The molecule has 6 heteroatoms. The first-order valence-electron chi connectivity index (χ1n) is 4.61. The molecule has 6 nitrogen and oxygen atoms in total. The van der Waals surface area contributed by atoms with Crippen molar-refractivity contribution >= 4 is 11.9 Å². The molecule has 0 aliphatic heterocycles. The normalized spacial score (nSPS) is 9.81. The van der Waals surface area contributed by atoms with E-state index >= 15 is 0 Å². The number of aromatic carboxylic acids is 1.